The lowest BCUT2D eigenvalue weighted by Gasteiger charge is -2.09. The zero-order chi connectivity index (χ0) is 12.0. The third-order valence-corrected chi connectivity index (χ3v) is 2.80. The van der Waals surface area contributed by atoms with Crippen LogP contribution in [0, 0.1) is 12.8 Å². The van der Waals surface area contributed by atoms with Gasteiger partial charge in [0.25, 0.3) is 0 Å². The van der Waals surface area contributed by atoms with Crippen molar-refractivity contribution in [1.82, 2.24) is 0 Å². The number of benzene rings is 1. The molecular weight excluding hydrogens is 200 g/mol. The van der Waals surface area contributed by atoms with Crippen LogP contribution in [-0.4, -0.2) is 19.5 Å². The quantitative estimate of drug-likeness (QED) is 0.737. The molecule has 0 amide bonds. The number of ether oxygens (including phenoxy) is 1. The maximum atomic E-state index is 11.8. The summed E-state index contributed by atoms with van der Waals surface area (Å²) in [5.41, 5.74) is 2.32. The van der Waals surface area contributed by atoms with Gasteiger partial charge in [-0.05, 0) is 18.9 Å². The second kappa shape index (κ2) is 6.44. The Bertz CT molecular complexity index is 327. The molecular formula is C14H20O2. The number of ketones is 1. The molecule has 0 aliphatic carbocycles. The fourth-order valence-electron chi connectivity index (χ4n) is 1.54. The molecule has 0 saturated carbocycles. The van der Waals surface area contributed by atoms with E-state index in [0.717, 1.165) is 12.0 Å². The Balaban J connectivity index is 2.47. The van der Waals surface area contributed by atoms with Gasteiger partial charge in [-0.25, -0.2) is 0 Å². The van der Waals surface area contributed by atoms with E-state index in [2.05, 4.69) is 0 Å². The number of hydrogen-bond acceptors (Lipinski definition) is 2. The molecule has 1 aromatic carbocycles. The summed E-state index contributed by atoms with van der Waals surface area (Å²) < 4.78 is 4.98. The Hall–Kier alpha value is -1.15. The van der Waals surface area contributed by atoms with Crippen molar-refractivity contribution in [2.75, 3.05) is 13.7 Å². The molecule has 2 nitrogen and oxygen atoms in total. The molecule has 0 aromatic heterocycles. The van der Waals surface area contributed by atoms with E-state index in [1.807, 2.05) is 38.1 Å². The van der Waals surface area contributed by atoms with Crippen LogP contribution < -0.4 is 0 Å². The first kappa shape index (κ1) is 12.9. The van der Waals surface area contributed by atoms with E-state index >= 15 is 0 Å². The lowest BCUT2D eigenvalue weighted by Crippen LogP contribution is -2.15. The van der Waals surface area contributed by atoms with Crippen molar-refractivity contribution < 1.29 is 9.53 Å². The molecule has 0 bridgehead atoms. The highest BCUT2D eigenvalue weighted by Crippen LogP contribution is 2.10. The van der Waals surface area contributed by atoms with Crippen LogP contribution in [0.25, 0.3) is 0 Å². The van der Waals surface area contributed by atoms with Crippen LogP contribution in [0.15, 0.2) is 24.3 Å². The van der Waals surface area contributed by atoms with Crippen LogP contribution in [0.1, 0.15) is 24.5 Å². The average Bonchev–Trinajstić information content (AvgIpc) is 2.29. The number of methoxy groups -OCH3 is 1. The highest BCUT2D eigenvalue weighted by atomic mass is 16.5. The summed E-state index contributed by atoms with van der Waals surface area (Å²) >= 11 is 0. The molecule has 1 aromatic rings. The van der Waals surface area contributed by atoms with Crippen molar-refractivity contribution in [3.63, 3.8) is 0 Å². The van der Waals surface area contributed by atoms with Crippen molar-refractivity contribution in [2.24, 2.45) is 5.92 Å². The fourth-order valence-corrected chi connectivity index (χ4v) is 1.54. The van der Waals surface area contributed by atoms with E-state index in [1.165, 1.54) is 5.56 Å². The number of Topliss-reactive ketones (excluding diaryl/α,β-unsaturated/α-hetero) is 1. The highest BCUT2D eigenvalue weighted by molar-refractivity contribution is 5.82. The monoisotopic (exact) mass is 220 g/mol. The molecule has 2 heteroatoms. The Labute approximate surface area is 97.6 Å². The van der Waals surface area contributed by atoms with Crippen molar-refractivity contribution >= 4 is 5.78 Å². The highest BCUT2D eigenvalue weighted by Gasteiger charge is 2.12. The molecule has 0 radical (unpaired) electrons. The molecule has 0 aliphatic heterocycles. The summed E-state index contributed by atoms with van der Waals surface area (Å²) in [5.74, 6) is 0.377. The average molecular weight is 220 g/mol. The van der Waals surface area contributed by atoms with E-state index in [4.69, 9.17) is 4.74 Å². The minimum Gasteiger partial charge on any atom is -0.385 e. The lowest BCUT2D eigenvalue weighted by atomic mass is 9.97. The van der Waals surface area contributed by atoms with E-state index in [-0.39, 0.29) is 5.92 Å². The molecule has 0 saturated heterocycles. The number of hydrogen-bond donors (Lipinski definition) is 0. The fraction of sp³-hybridized carbons (Fsp3) is 0.500. The Morgan fingerprint density at radius 3 is 2.50 bits per heavy atom. The molecule has 0 heterocycles. The molecule has 1 rings (SSSR count). The predicted molar refractivity (Wildman–Crippen MR) is 65.5 cm³/mol. The maximum Gasteiger partial charge on any atom is 0.140 e. The van der Waals surface area contributed by atoms with Crippen molar-refractivity contribution in [3.8, 4) is 0 Å². The minimum atomic E-state index is 0.0845. The van der Waals surface area contributed by atoms with Gasteiger partial charge >= 0.3 is 0 Å². The second-order valence-corrected chi connectivity index (χ2v) is 4.31. The summed E-state index contributed by atoms with van der Waals surface area (Å²) in [6.45, 7) is 4.67. The van der Waals surface area contributed by atoms with Crippen molar-refractivity contribution in [2.45, 2.75) is 26.7 Å². The van der Waals surface area contributed by atoms with Gasteiger partial charge in [0.05, 0.1) is 0 Å². The third kappa shape index (κ3) is 4.15. The van der Waals surface area contributed by atoms with Crippen molar-refractivity contribution in [3.05, 3.63) is 35.4 Å². The van der Waals surface area contributed by atoms with E-state index in [0.29, 0.717) is 18.8 Å². The molecule has 0 fully saturated rings. The van der Waals surface area contributed by atoms with Gasteiger partial charge in [0.2, 0.25) is 0 Å². The Kier molecular flexibility index (Phi) is 5.20. The number of aryl methyl sites for hydroxylation is 1. The van der Waals surface area contributed by atoms with Gasteiger partial charge < -0.3 is 4.74 Å². The largest absolute Gasteiger partial charge is 0.385 e. The van der Waals surface area contributed by atoms with Gasteiger partial charge in [-0.3, -0.25) is 4.79 Å². The zero-order valence-electron chi connectivity index (χ0n) is 10.3. The van der Waals surface area contributed by atoms with Crippen LogP contribution in [0.4, 0.5) is 0 Å². The summed E-state index contributed by atoms with van der Waals surface area (Å²) in [5, 5.41) is 0. The summed E-state index contributed by atoms with van der Waals surface area (Å²) in [4.78, 5) is 11.8. The van der Waals surface area contributed by atoms with Gasteiger partial charge in [-0.2, -0.15) is 0 Å². The van der Waals surface area contributed by atoms with Crippen molar-refractivity contribution in [1.29, 1.82) is 0 Å². The van der Waals surface area contributed by atoms with E-state index in [9.17, 15) is 4.79 Å². The van der Waals surface area contributed by atoms with Gasteiger partial charge in [0.1, 0.15) is 5.78 Å². The van der Waals surface area contributed by atoms with Gasteiger partial charge in [0, 0.05) is 26.1 Å². The van der Waals surface area contributed by atoms with Crippen LogP contribution >= 0.6 is 0 Å². The zero-order valence-corrected chi connectivity index (χ0v) is 10.3. The van der Waals surface area contributed by atoms with Gasteiger partial charge in [-0.1, -0.05) is 36.8 Å². The van der Waals surface area contributed by atoms with E-state index < -0.39 is 0 Å². The maximum absolute atomic E-state index is 11.8. The number of carbonyl (C=O) groups is 1. The molecule has 1 atom stereocenters. The standard InChI is InChI=1S/C14H20O2/c1-11-4-6-13(7-5-11)10-14(15)12(2)8-9-16-3/h4-7,12H,8-10H2,1-3H3. The molecule has 16 heavy (non-hydrogen) atoms. The number of carbonyl (C=O) groups excluding carboxylic acids is 1. The molecule has 0 spiro atoms. The molecule has 1 unspecified atom stereocenters. The third-order valence-electron chi connectivity index (χ3n) is 2.80. The van der Waals surface area contributed by atoms with Crippen LogP contribution in [0.3, 0.4) is 0 Å². The summed E-state index contributed by atoms with van der Waals surface area (Å²) in [6, 6.07) is 8.14. The molecule has 0 aliphatic rings. The number of rotatable bonds is 6. The summed E-state index contributed by atoms with van der Waals surface area (Å²) in [7, 11) is 1.66. The first-order valence-corrected chi connectivity index (χ1v) is 5.70. The smallest absolute Gasteiger partial charge is 0.140 e. The molecule has 0 N–H and O–H groups in total. The van der Waals surface area contributed by atoms with Crippen LogP contribution in [-0.2, 0) is 16.0 Å². The first-order chi connectivity index (χ1) is 7.63. The predicted octanol–water partition coefficient (Wildman–Crippen LogP) is 2.78. The normalized spacial score (nSPS) is 12.4. The lowest BCUT2D eigenvalue weighted by molar-refractivity contribution is -0.122. The minimum absolute atomic E-state index is 0.0845. The van der Waals surface area contributed by atoms with Crippen LogP contribution in [0.2, 0.25) is 0 Å². The van der Waals surface area contributed by atoms with Gasteiger partial charge in [-0.15, -0.1) is 0 Å². The first-order valence-electron chi connectivity index (χ1n) is 5.70. The Morgan fingerprint density at radius 1 is 1.31 bits per heavy atom. The van der Waals surface area contributed by atoms with Crippen LogP contribution in [0.5, 0.6) is 0 Å². The SMILES string of the molecule is COCCC(C)C(=O)Cc1ccc(C)cc1. The topological polar surface area (TPSA) is 26.3 Å². The summed E-state index contributed by atoms with van der Waals surface area (Å²) in [6.07, 6.45) is 1.34. The second-order valence-electron chi connectivity index (χ2n) is 4.31. The Morgan fingerprint density at radius 2 is 1.94 bits per heavy atom. The van der Waals surface area contributed by atoms with Gasteiger partial charge in [0.15, 0.2) is 0 Å². The van der Waals surface area contributed by atoms with E-state index in [1.54, 1.807) is 7.11 Å². The molecule has 88 valence electrons.